The Kier molecular flexibility index (Phi) is 2.50. The number of nitrogens with zero attached hydrogens (tertiary/aromatic N) is 1. The minimum Gasteiger partial charge on any atom is -0.508 e. The summed E-state index contributed by atoms with van der Waals surface area (Å²) in [5.74, 6) is 0.311. The molecule has 1 aromatic carbocycles. The second-order valence-corrected chi connectivity index (χ2v) is 3.68. The molecule has 0 bridgehead atoms. The molecule has 0 aliphatic carbocycles. The van der Waals surface area contributed by atoms with Gasteiger partial charge in [-0.15, -0.1) is 0 Å². The normalized spacial score (nSPS) is 10.5. The van der Waals surface area contributed by atoms with Crippen LogP contribution < -0.4 is 0 Å². The summed E-state index contributed by atoms with van der Waals surface area (Å²) in [4.78, 5) is 0. The van der Waals surface area contributed by atoms with E-state index in [4.69, 9.17) is 0 Å². The van der Waals surface area contributed by atoms with Gasteiger partial charge in [0.1, 0.15) is 5.75 Å². The second-order valence-electron chi connectivity index (χ2n) is 3.68. The van der Waals surface area contributed by atoms with E-state index in [2.05, 4.69) is 30.7 Å². The summed E-state index contributed by atoms with van der Waals surface area (Å²) >= 11 is 0. The van der Waals surface area contributed by atoms with E-state index < -0.39 is 0 Å². The molecule has 2 nitrogen and oxygen atoms in total. The Morgan fingerprint density at radius 2 is 1.80 bits per heavy atom. The van der Waals surface area contributed by atoms with Crippen molar-refractivity contribution in [1.82, 2.24) is 4.57 Å². The lowest BCUT2D eigenvalue weighted by Crippen LogP contribution is -1.95. The fraction of sp³-hybridized carbons (Fsp3) is 0.231. The highest BCUT2D eigenvalue weighted by Gasteiger charge is 2.06. The lowest BCUT2D eigenvalue weighted by atomic mass is 10.1. The molecule has 0 radical (unpaired) electrons. The van der Waals surface area contributed by atoms with Gasteiger partial charge in [0, 0.05) is 12.7 Å². The van der Waals surface area contributed by atoms with E-state index in [-0.39, 0.29) is 0 Å². The fourth-order valence-electron chi connectivity index (χ4n) is 1.86. The van der Waals surface area contributed by atoms with Crippen molar-refractivity contribution in [2.24, 2.45) is 0 Å². The maximum Gasteiger partial charge on any atom is 0.115 e. The highest BCUT2D eigenvalue weighted by molar-refractivity contribution is 5.64. The van der Waals surface area contributed by atoms with Crippen molar-refractivity contribution in [1.29, 1.82) is 0 Å². The van der Waals surface area contributed by atoms with E-state index in [1.165, 1.54) is 11.3 Å². The number of phenolic OH excluding ortho intramolecular Hbond substituents is 1. The molecular weight excluding hydrogens is 186 g/mol. The van der Waals surface area contributed by atoms with E-state index in [0.29, 0.717) is 5.75 Å². The Bertz CT molecular complexity index is 454. The molecule has 15 heavy (non-hydrogen) atoms. The summed E-state index contributed by atoms with van der Waals surface area (Å²) in [5.41, 5.74) is 3.65. The zero-order valence-electron chi connectivity index (χ0n) is 9.07. The molecule has 0 aliphatic rings. The van der Waals surface area contributed by atoms with Crippen molar-refractivity contribution in [3.8, 4) is 17.0 Å². The van der Waals surface area contributed by atoms with Crippen molar-refractivity contribution in [2.75, 3.05) is 0 Å². The summed E-state index contributed by atoms with van der Waals surface area (Å²) < 4.78 is 2.21. The highest BCUT2D eigenvalue weighted by atomic mass is 16.3. The van der Waals surface area contributed by atoms with Gasteiger partial charge in [0.25, 0.3) is 0 Å². The molecule has 0 saturated heterocycles. The molecule has 2 heteroatoms. The average molecular weight is 201 g/mol. The van der Waals surface area contributed by atoms with Crippen molar-refractivity contribution >= 4 is 0 Å². The van der Waals surface area contributed by atoms with Gasteiger partial charge in [0.2, 0.25) is 0 Å². The standard InChI is InChI=1S/C13H15NO/c1-3-14-9-8-10(2)13(14)11-4-6-12(15)7-5-11/h4-9,15H,3H2,1-2H3. The second kappa shape index (κ2) is 3.81. The summed E-state index contributed by atoms with van der Waals surface area (Å²) in [6, 6.07) is 9.46. The smallest absolute Gasteiger partial charge is 0.115 e. The molecule has 0 unspecified atom stereocenters. The molecule has 0 saturated carbocycles. The molecule has 0 fully saturated rings. The Morgan fingerprint density at radius 3 is 2.40 bits per heavy atom. The number of rotatable bonds is 2. The third-order valence-corrected chi connectivity index (χ3v) is 2.65. The maximum atomic E-state index is 9.24. The predicted octanol–water partition coefficient (Wildman–Crippen LogP) is 3.19. The number of aryl methyl sites for hydroxylation is 2. The summed E-state index contributed by atoms with van der Waals surface area (Å²) in [6.45, 7) is 5.20. The first-order valence-corrected chi connectivity index (χ1v) is 5.17. The van der Waals surface area contributed by atoms with Crippen LogP contribution in [0.25, 0.3) is 11.3 Å². The van der Waals surface area contributed by atoms with Crippen LogP contribution in [-0.4, -0.2) is 9.67 Å². The Hall–Kier alpha value is -1.70. The Labute approximate surface area is 89.8 Å². The summed E-state index contributed by atoms with van der Waals surface area (Å²) in [5, 5.41) is 9.24. The van der Waals surface area contributed by atoms with Gasteiger partial charge in [-0.2, -0.15) is 0 Å². The van der Waals surface area contributed by atoms with Crippen molar-refractivity contribution < 1.29 is 5.11 Å². The average Bonchev–Trinajstić information content (AvgIpc) is 2.61. The van der Waals surface area contributed by atoms with Gasteiger partial charge in [-0.1, -0.05) is 0 Å². The van der Waals surface area contributed by atoms with Crippen molar-refractivity contribution in [2.45, 2.75) is 20.4 Å². The largest absolute Gasteiger partial charge is 0.508 e. The van der Waals surface area contributed by atoms with Gasteiger partial charge in [-0.25, -0.2) is 0 Å². The third kappa shape index (κ3) is 1.75. The lowest BCUT2D eigenvalue weighted by Gasteiger charge is -2.08. The molecular formula is C13H15NO. The molecule has 0 atom stereocenters. The monoisotopic (exact) mass is 201 g/mol. The van der Waals surface area contributed by atoms with Crippen molar-refractivity contribution in [3.05, 3.63) is 42.1 Å². The minimum atomic E-state index is 0.311. The van der Waals surface area contributed by atoms with Gasteiger partial charge < -0.3 is 9.67 Å². The zero-order chi connectivity index (χ0) is 10.8. The molecule has 1 heterocycles. The molecule has 2 aromatic rings. The van der Waals surface area contributed by atoms with Crippen LogP contribution in [0.5, 0.6) is 5.75 Å². The number of aromatic hydroxyl groups is 1. The fourth-order valence-corrected chi connectivity index (χ4v) is 1.86. The number of aromatic nitrogens is 1. The zero-order valence-corrected chi connectivity index (χ0v) is 9.07. The Balaban J connectivity index is 2.52. The summed E-state index contributed by atoms with van der Waals surface area (Å²) in [7, 11) is 0. The minimum absolute atomic E-state index is 0.311. The van der Waals surface area contributed by atoms with Gasteiger partial charge in [-0.3, -0.25) is 0 Å². The molecule has 1 aromatic heterocycles. The molecule has 2 rings (SSSR count). The predicted molar refractivity (Wildman–Crippen MR) is 61.9 cm³/mol. The van der Waals surface area contributed by atoms with Gasteiger partial charge >= 0.3 is 0 Å². The van der Waals surface area contributed by atoms with Crippen LogP contribution in [0.15, 0.2) is 36.5 Å². The highest BCUT2D eigenvalue weighted by Crippen LogP contribution is 2.25. The molecule has 0 amide bonds. The van der Waals surface area contributed by atoms with Crippen molar-refractivity contribution in [3.63, 3.8) is 0 Å². The van der Waals surface area contributed by atoms with Crippen LogP contribution in [0.2, 0.25) is 0 Å². The molecule has 1 N–H and O–H groups in total. The first-order valence-electron chi connectivity index (χ1n) is 5.17. The lowest BCUT2D eigenvalue weighted by molar-refractivity contribution is 0.475. The number of phenols is 1. The van der Waals surface area contributed by atoms with Crippen LogP contribution in [-0.2, 0) is 6.54 Å². The van der Waals surface area contributed by atoms with E-state index in [1.54, 1.807) is 12.1 Å². The maximum absolute atomic E-state index is 9.24. The quantitative estimate of drug-likeness (QED) is 0.793. The first-order chi connectivity index (χ1) is 7.22. The van der Waals surface area contributed by atoms with Crippen LogP contribution in [0.4, 0.5) is 0 Å². The number of hydrogen-bond donors (Lipinski definition) is 1. The van der Waals surface area contributed by atoms with Crippen LogP contribution >= 0.6 is 0 Å². The van der Waals surface area contributed by atoms with Crippen LogP contribution in [0.1, 0.15) is 12.5 Å². The van der Waals surface area contributed by atoms with Gasteiger partial charge in [0.05, 0.1) is 5.69 Å². The number of hydrogen-bond acceptors (Lipinski definition) is 1. The molecule has 0 spiro atoms. The van der Waals surface area contributed by atoms with Gasteiger partial charge in [0.15, 0.2) is 0 Å². The van der Waals surface area contributed by atoms with Crippen LogP contribution in [0, 0.1) is 6.92 Å². The number of benzene rings is 1. The van der Waals surface area contributed by atoms with E-state index in [1.807, 2.05) is 12.1 Å². The first kappa shape index (κ1) is 9.84. The van der Waals surface area contributed by atoms with Gasteiger partial charge in [-0.05, 0) is 55.3 Å². The van der Waals surface area contributed by atoms with E-state index in [9.17, 15) is 5.11 Å². The summed E-state index contributed by atoms with van der Waals surface area (Å²) in [6.07, 6.45) is 2.09. The van der Waals surface area contributed by atoms with Crippen LogP contribution in [0.3, 0.4) is 0 Å². The Morgan fingerprint density at radius 1 is 1.13 bits per heavy atom. The topological polar surface area (TPSA) is 25.2 Å². The van der Waals surface area contributed by atoms with E-state index in [0.717, 1.165) is 12.1 Å². The third-order valence-electron chi connectivity index (χ3n) is 2.65. The SMILES string of the molecule is CCn1ccc(C)c1-c1ccc(O)cc1. The van der Waals surface area contributed by atoms with E-state index >= 15 is 0 Å². The molecule has 0 aliphatic heterocycles. The molecule has 78 valence electrons.